The number of hydrogen-bond donors (Lipinski definition) is 1. The Bertz CT molecular complexity index is 452. The van der Waals surface area contributed by atoms with E-state index in [2.05, 4.69) is 0 Å². The standard InChI is InChI=1S/C12H11ClO4/c1-16-9-6-10(14)17-12(9)11(15)7-2-4-8(13)5-3-7/h2-6,11-12,15H,1H3. The first-order valence-electron chi connectivity index (χ1n) is 5.01. The van der Waals surface area contributed by atoms with Gasteiger partial charge < -0.3 is 14.6 Å². The van der Waals surface area contributed by atoms with Crippen LogP contribution >= 0.6 is 11.6 Å². The Morgan fingerprint density at radius 3 is 2.65 bits per heavy atom. The molecule has 0 bridgehead atoms. The van der Waals surface area contributed by atoms with Gasteiger partial charge in [0, 0.05) is 5.02 Å². The Morgan fingerprint density at radius 1 is 1.41 bits per heavy atom. The Balaban J connectivity index is 2.20. The number of carbonyl (C=O) groups is 1. The van der Waals surface area contributed by atoms with E-state index in [-0.39, 0.29) is 0 Å². The molecule has 1 heterocycles. The molecule has 1 N–H and O–H groups in total. The molecule has 4 nitrogen and oxygen atoms in total. The van der Waals surface area contributed by atoms with E-state index in [1.54, 1.807) is 24.3 Å². The molecule has 0 amide bonds. The second-order valence-corrected chi connectivity index (χ2v) is 4.04. The summed E-state index contributed by atoms with van der Waals surface area (Å²) in [6.45, 7) is 0. The van der Waals surface area contributed by atoms with Crippen LogP contribution in [-0.2, 0) is 14.3 Å². The van der Waals surface area contributed by atoms with Gasteiger partial charge in [-0.05, 0) is 17.7 Å². The molecular weight excluding hydrogens is 244 g/mol. The van der Waals surface area contributed by atoms with Crippen molar-refractivity contribution in [3.05, 3.63) is 46.7 Å². The number of esters is 1. The highest BCUT2D eigenvalue weighted by Gasteiger charge is 2.34. The number of rotatable bonds is 3. The minimum atomic E-state index is -0.968. The number of halogens is 1. The van der Waals surface area contributed by atoms with Gasteiger partial charge in [-0.25, -0.2) is 4.79 Å². The summed E-state index contributed by atoms with van der Waals surface area (Å²) in [5.74, 6) is -0.197. The number of benzene rings is 1. The molecule has 0 fully saturated rings. The summed E-state index contributed by atoms with van der Waals surface area (Å²) < 4.78 is 9.96. The van der Waals surface area contributed by atoms with Crippen molar-refractivity contribution >= 4 is 17.6 Å². The zero-order chi connectivity index (χ0) is 12.4. The van der Waals surface area contributed by atoms with E-state index < -0.39 is 18.2 Å². The highest BCUT2D eigenvalue weighted by molar-refractivity contribution is 6.30. The fourth-order valence-corrected chi connectivity index (χ4v) is 1.77. The molecule has 2 atom stereocenters. The van der Waals surface area contributed by atoms with Gasteiger partial charge in [-0.2, -0.15) is 0 Å². The molecular formula is C12H11ClO4. The summed E-state index contributed by atoms with van der Waals surface area (Å²) in [5, 5.41) is 10.7. The molecule has 17 heavy (non-hydrogen) atoms. The Morgan fingerprint density at radius 2 is 2.06 bits per heavy atom. The van der Waals surface area contributed by atoms with E-state index in [0.717, 1.165) is 0 Å². The van der Waals surface area contributed by atoms with E-state index in [9.17, 15) is 9.90 Å². The quantitative estimate of drug-likeness (QED) is 0.836. The summed E-state index contributed by atoms with van der Waals surface area (Å²) in [6, 6.07) is 6.67. The molecule has 1 aromatic rings. The summed E-state index contributed by atoms with van der Waals surface area (Å²) in [7, 11) is 1.43. The van der Waals surface area contributed by atoms with Gasteiger partial charge in [0.2, 0.25) is 0 Å². The molecule has 2 unspecified atom stereocenters. The molecule has 0 spiro atoms. The lowest BCUT2D eigenvalue weighted by Crippen LogP contribution is -2.22. The van der Waals surface area contributed by atoms with Gasteiger partial charge in [-0.15, -0.1) is 0 Å². The molecule has 0 aliphatic carbocycles. The van der Waals surface area contributed by atoms with E-state index in [4.69, 9.17) is 21.1 Å². The van der Waals surface area contributed by atoms with Crippen LogP contribution in [0.1, 0.15) is 11.7 Å². The van der Waals surface area contributed by atoms with Crippen LogP contribution in [0.25, 0.3) is 0 Å². The van der Waals surface area contributed by atoms with Gasteiger partial charge in [-0.3, -0.25) is 0 Å². The normalized spacial score (nSPS) is 20.8. The first-order valence-corrected chi connectivity index (χ1v) is 5.39. The number of carbonyl (C=O) groups excluding carboxylic acids is 1. The zero-order valence-electron chi connectivity index (χ0n) is 9.09. The van der Waals surface area contributed by atoms with Gasteiger partial charge in [0.05, 0.1) is 13.2 Å². The van der Waals surface area contributed by atoms with Crippen molar-refractivity contribution < 1.29 is 19.4 Å². The second kappa shape index (κ2) is 4.77. The maximum Gasteiger partial charge on any atom is 0.335 e. The lowest BCUT2D eigenvalue weighted by Gasteiger charge is -2.19. The highest BCUT2D eigenvalue weighted by Crippen LogP contribution is 2.29. The van der Waals surface area contributed by atoms with Crippen LogP contribution in [-0.4, -0.2) is 24.3 Å². The monoisotopic (exact) mass is 254 g/mol. The lowest BCUT2D eigenvalue weighted by atomic mass is 10.0. The van der Waals surface area contributed by atoms with Crippen molar-refractivity contribution in [3.8, 4) is 0 Å². The third-order valence-corrected chi connectivity index (χ3v) is 2.77. The SMILES string of the molecule is COC1=CC(=O)OC1C(O)c1ccc(Cl)cc1. The molecule has 0 saturated heterocycles. The first-order chi connectivity index (χ1) is 8.11. The minimum Gasteiger partial charge on any atom is -0.497 e. The molecule has 90 valence electrons. The van der Waals surface area contributed by atoms with Crippen LogP contribution in [0.4, 0.5) is 0 Å². The van der Waals surface area contributed by atoms with Crippen molar-refractivity contribution in [2.45, 2.75) is 12.2 Å². The lowest BCUT2D eigenvalue weighted by molar-refractivity contribution is -0.144. The number of hydrogen-bond acceptors (Lipinski definition) is 4. The molecule has 0 aromatic heterocycles. The smallest absolute Gasteiger partial charge is 0.335 e. The molecule has 1 aliphatic rings. The van der Waals surface area contributed by atoms with Gasteiger partial charge in [-0.1, -0.05) is 23.7 Å². The third-order valence-electron chi connectivity index (χ3n) is 2.52. The number of methoxy groups -OCH3 is 1. The average Bonchev–Trinajstić information content (AvgIpc) is 2.70. The first kappa shape index (κ1) is 12.0. The van der Waals surface area contributed by atoms with E-state index in [1.165, 1.54) is 13.2 Å². The van der Waals surface area contributed by atoms with Crippen molar-refractivity contribution in [1.82, 2.24) is 0 Å². The Hall–Kier alpha value is -1.52. The summed E-state index contributed by atoms with van der Waals surface area (Å²) >= 11 is 5.75. The number of aliphatic hydroxyl groups excluding tert-OH is 1. The van der Waals surface area contributed by atoms with Crippen LogP contribution in [0.3, 0.4) is 0 Å². The summed E-state index contributed by atoms with van der Waals surface area (Å²) in [4.78, 5) is 11.1. The van der Waals surface area contributed by atoms with Crippen LogP contribution in [0.15, 0.2) is 36.1 Å². The molecule has 2 rings (SSSR count). The molecule has 1 aromatic carbocycles. The fourth-order valence-electron chi connectivity index (χ4n) is 1.65. The van der Waals surface area contributed by atoms with Crippen molar-refractivity contribution in [1.29, 1.82) is 0 Å². The molecule has 1 aliphatic heterocycles. The maximum absolute atomic E-state index is 11.1. The number of cyclic esters (lactones) is 1. The van der Waals surface area contributed by atoms with Crippen molar-refractivity contribution in [3.63, 3.8) is 0 Å². The average molecular weight is 255 g/mol. The predicted molar refractivity (Wildman–Crippen MR) is 61.4 cm³/mol. The van der Waals surface area contributed by atoms with E-state index in [0.29, 0.717) is 16.3 Å². The third kappa shape index (κ3) is 2.43. The fraction of sp³-hybridized carbons (Fsp3) is 0.250. The molecule has 0 radical (unpaired) electrons. The van der Waals surface area contributed by atoms with Crippen LogP contribution in [0.5, 0.6) is 0 Å². The van der Waals surface area contributed by atoms with E-state index in [1.807, 2.05) is 0 Å². The maximum atomic E-state index is 11.1. The predicted octanol–water partition coefficient (Wildman–Crippen LogP) is 1.83. The second-order valence-electron chi connectivity index (χ2n) is 3.60. The number of aliphatic hydroxyl groups is 1. The van der Waals surface area contributed by atoms with Gasteiger partial charge in [0.25, 0.3) is 0 Å². The van der Waals surface area contributed by atoms with E-state index >= 15 is 0 Å². The van der Waals surface area contributed by atoms with Crippen LogP contribution in [0, 0.1) is 0 Å². The van der Waals surface area contributed by atoms with Crippen LogP contribution in [0.2, 0.25) is 5.02 Å². The van der Waals surface area contributed by atoms with Gasteiger partial charge in [0.1, 0.15) is 11.9 Å². The largest absolute Gasteiger partial charge is 0.497 e. The highest BCUT2D eigenvalue weighted by atomic mass is 35.5. The van der Waals surface area contributed by atoms with Crippen molar-refractivity contribution in [2.24, 2.45) is 0 Å². The summed E-state index contributed by atoms with van der Waals surface area (Å²) in [6.07, 6.45) is -0.539. The van der Waals surface area contributed by atoms with Gasteiger partial charge >= 0.3 is 5.97 Å². The van der Waals surface area contributed by atoms with Gasteiger partial charge in [0.15, 0.2) is 6.10 Å². The number of ether oxygens (including phenoxy) is 2. The topological polar surface area (TPSA) is 55.8 Å². The molecule has 5 heteroatoms. The van der Waals surface area contributed by atoms with Crippen molar-refractivity contribution in [2.75, 3.05) is 7.11 Å². The Kier molecular flexibility index (Phi) is 3.36. The molecule has 0 saturated carbocycles. The summed E-state index contributed by atoms with van der Waals surface area (Å²) in [5.41, 5.74) is 0.608. The van der Waals surface area contributed by atoms with Crippen LogP contribution < -0.4 is 0 Å². The Labute approximate surface area is 103 Å². The minimum absolute atomic E-state index is 0.317. The zero-order valence-corrected chi connectivity index (χ0v) is 9.85.